The number of esters is 2. The fraction of sp³-hybridized carbons (Fsp3) is 0.182. The van der Waals surface area contributed by atoms with Crippen LogP contribution in [0.3, 0.4) is 0 Å². The molecule has 0 N–H and O–H groups in total. The number of nitrogens with zero attached hydrogens (tertiary/aromatic N) is 2. The van der Waals surface area contributed by atoms with Crippen LogP contribution in [0.4, 0.5) is 0 Å². The summed E-state index contributed by atoms with van der Waals surface area (Å²) in [5.74, 6) is -1.13. The maximum absolute atomic E-state index is 11.6. The molecule has 0 amide bonds. The number of carbonyl (C=O) groups excluding carboxylic acids is 2. The Morgan fingerprint density at radius 2 is 1.39 bits per heavy atom. The van der Waals surface area contributed by atoms with Gasteiger partial charge >= 0.3 is 11.9 Å². The van der Waals surface area contributed by atoms with Crippen molar-refractivity contribution in [1.29, 1.82) is 0 Å². The minimum Gasteiger partial charge on any atom is -0.502 e. The van der Waals surface area contributed by atoms with E-state index >= 15 is 0 Å². The quantitative estimate of drug-likeness (QED) is 0.220. The summed E-state index contributed by atoms with van der Waals surface area (Å²) in [4.78, 5) is 45.1. The Balaban J connectivity index is -0.000000231. The van der Waals surface area contributed by atoms with Crippen LogP contribution in [0.25, 0.3) is 5.70 Å². The van der Waals surface area contributed by atoms with Crippen molar-refractivity contribution in [1.82, 2.24) is 9.13 Å². The summed E-state index contributed by atoms with van der Waals surface area (Å²) in [6.45, 7) is 7.20. The molecular weight excluding hydrogens is 582 g/mol. The molecule has 2 radical (unpaired) electrons. The van der Waals surface area contributed by atoms with Crippen molar-refractivity contribution in [3.8, 4) is 0 Å². The van der Waals surface area contributed by atoms with Gasteiger partial charge in [-0.3, -0.25) is 14.4 Å². The number of carbonyl (C=O) groups is 2. The first-order valence-corrected chi connectivity index (χ1v) is 8.21. The standard InChI is InChI=1S/C11H12NO4.C9H10NO3.2CH3.2Y/c1-8-5-4-6-10(13)12(8)9(7-15-2)11(14)16-3;1-7-4-3-5-8(11)10(7)6-9(12)13-2;;;;/h4-7H,1H2,2-3H3;3-5H,1,6H2,2H3;2*1H3;;/q4*-1;;/b9-7+;;;;;. The normalized spacial score (nSPS) is 9.12. The van der Waals surface area contributed by atoms with Crippen LogP contribution in [0.2, 0.25) is 0 Å². The smallest absolute Gasteiger partial charge is 0.358 e. The van der Waals surface area contributed by atoms with E-state index in [1.54, 1.807) is 24.3 Å². The molecule has 0 aliphatic heterocycles. The Bertz CT molecular complexity index is 1010. The zero-order valence-electron chi connectivity index (χ0n) is 19.6. The predicted molar refractivity (Wildman–Crippen MR) is 118 cm³/mol. The zero-order chi connectivity index (χ0) is 22.0. The van der Waals surface area contributed by atoms with Crippen LogP contribution in [0.1, 0.15) is 11.4 Å². The van der Waals surface area contributed by atoms with Crippen molar-refractivity contribution in [2.75, 3.05) is 21.3 Å². The number of hydrogen-bond acceptors (Lipinski definition) is 7. The number of ether oxygens (including phenoxy) is 3. The molecule has 2 heterocycles. The van der Waals surface area contributed by atoms with Gasteiger partial charge in [-0.25, -0.2) is 18.6 Å². The van der Waals surface area contributed by atoms with Gasteiger partial charge in [0.05, 0.1) is 21.3 Å². The third kappa shape index (κ3) is 11.8. The number of hydrogen-bond donors (Lipinski definition) is 0. The predicted octanol–water partition coefficient (Wildman–Crippen LogP) is 1.75. The maximum Gasteiger partial charge on any atom is 0.358 e. The molecule has 178 valence electrons. The molecule has 0 aromatic carbocycles. The van der Waals surface area contributed by atoms with Crippen molar-refractivity contribution in [3.05, 3.63) is 103 Å². The molecule has 0 atom stereocenters. The zero-order valence-corrected chi connectivity index (χ0v) is 25.2. The molecule has 0 spiro atoms. The van der Waals surface area contributed by atoms with Crippen molar-refractivity contribution in [3.63, 3.8) is 0 Å². The van der Waals surface area contributed by atoms with E-state index in [9.17, 15) is 19.2 Å². The summed E-state index contributed by atoms with van der Waals surface area (Å²) >= 11 is 0. The Kier molecular flexibility index (Phi) is 23.1. The Hall–Kier alpha value is -1.67. The summed E-state index contributed by atoms with van der Waals surface area (Å²) in [5, 5.41) is 0. The van der Waals surface area contributed by atoms with E-state index in [4.69, 9.17) is 4.74 Å². The first-order chi connectivity index (χ1) is 13.8. The molecule has 2 rings (SSSR count). The molecular formula is C22H28N2O7Y2-4. The van der Waals surface area contributed by atoms with Crippen LogP contribution in [0.15, 0.2) is 52.2 Å². The number of rotatable bonds is 5. The Morgan fingerprint density at radius 1 is 0.879 bits per heavy atom. The molecule has 0 aliphatic rings. The number of pyridine rings is 2. The van der Waals surface area contributed by atoms with Gasteiger partial charge in [0, 0.05) is 65.4 Å². The Labute approximate surface area is 245 Å². The third-order valence-corrected chi connectivity index (χ3v) is 3.55. The second-order valence-electron chi connectivity index (χ2n) is 5.44. The van der Waals surface area contributed by atoms with Gasteiger partial charge in [0.1, 0.15) is 12.8 Å². The molecule has 2 aromatic heterocycles. The second kappa shape index (κ2) is 19.8. The van der Waals surface area contributed by atoms with Crippen molar-refractivity contribution >= 4 is 17.6 Å². The summed E-state index contributed by atoms with van der Waals surface area (Å²) < 4.78 is 16.1. The van der Waals surface area contributed by atoms with Crippen molar-refractivity contribution in [2.45, 2.75) is 6.54 Å². The van der Waals surface area contributed by atoms with Crippen LogP contribution in [-0.4, -0.2) is 42.4 Å². The fourth-order valence-corrected chi connectivity index (χ4v) is 2.15. The van der Waals surface area contributed by atoms with E-state index in [1.807, 2.05) is 0 Å². The van der Waals surface area contributed by atoms with Crippen LogP contribution in [-0.2, 0) is 95.8 Å². The van der Waals surface area contributed by atoms with Gasteiger partial charge in [-0.1, -0.05) is 0 Å². The van der Waals surface area contributed by atoms with Gasteiger partial charge in [0.25, 0.3) is 5.56 Å². The minimum atomic E-state index is -0.667. The SMILES string of the molecule is [CH2-]c1cccc(=O)n1/C(=C/OC)C(=O)OC.[CH2-]c1cccc(=O)n1CC(=O)OC.[CH3-].[CH3-].[Y].[Y]. The van der Waals surface area contributed by atoms with Gasteiger partial charge in [-0.2, -0.15) is 12.1 Å². The van der Waals surface area contributed by atoms with Gasteiger partial charge in [-0.05, 0) is 12.1 Å². The van der Waals surface area contributed by atoms with Crippen LogP contribution >= 0.6 is 0 Å². The van der Waals surface area contributed by atoms with Crippen molar-refractivity contribution < 1.29 is 89.2 Å². The third-order valence-electron chi connectivity index (χ3n) is 3.55. The molecule has 0 aliphatic carbocycles. The van der Waals surface area contributed by atoms with Gasteiger partial charge in [0.2, 0.25) is 5.56 Å². The van der Waals surface area contributed by atoms with E-state index < -0.39 is 11.9 Å². The molecule has 0 saturated carbocycles. The van der Waals surface area contributed by atoms with Gasteiger partial charge < -0.3 is 38.2 Å². The maximum atomic E-state index is 11.6. The minimum absolute atomic E-state index is 0. The van der Waals surface area contributed by atoms with Gasteiger partial charge in [0.15, 0.2) is 5.70 Å². The van der Waals surface area contributed by atoms with Crippen molar-refractivity contribution in [2.24, 2.45) is 0 Å². The van der Waals surface area contributed by atoms with Crippen LogP contribution < -0.4 is 11.1 Å². The summed E-state index contributed by atoms with van der Waals surface area (Å²) in [5.41, 5.74) is 0.235. The fourth-order valence-electron chi connectivity index (χ4n) is 2.15. The second-order valence-corrected chi connectivity index (χ2v) is 5.44. The molecule has 0 bridgehead atoms. The van der Waals surface area contributed by atoms with Crippen LogP contribution in [0, 0.1) is 28.7 Å². The first kappa shape index (κ1) is 38.6. The van der Waals surface area contributed by atoms with E-state index in [0.717, 1.165) is 10.8 Å². The molecule has 11 heteroatoms. The monoisotopic (exact) mass is 610 g/mol. The molecule has 0 fully saturated rings. The summed E-state index contributed by atoms with van der Waals surface area (Å²) in [6.07, 6.45) is 1.14. The number of methoxy groups -OCH3 is 3. The number of aromatic nitrogens is 2. The summed E-state index contributed by atoms with van der Waals surface area (Å²) in [6, 6.07) is 9.11. The van der Waals surface area contributed by atoms with E-state index in [-0.39, 0.29) is 104 Å². The molecule has 0 unspecified atom stereocenters. The molecule has 33 heavy (non-hydrogen) atoms. The van der Waals surface area contributed by atoms with E-state index in [0.29, 0.717) is 11.4 Å². The molecule has 9 nitrogen and oxygen atoms in total. The van der Waals surface area contributed by atoms with Crippen LogP contribution in [0.5, 0.6) is 0 Å². The topological polar surface area (TPSA) is 106 Å². The van der Waals surface area contributed by atoms with Gasteiger partial charge in [-0.15, -0.1) is 23.5 Å². The van der Waals surface area contributed by atoms with E-state index in [2.05, 4.69) is 23.3 Å². The average molecular weight is 610 g/mol. The summed E-state index contributed by atoms with van der Waals surface area (Å²) in [7, 11) is 3.88. The molecule has 2 aromatic rings. The first-order valence-electron chi connectivity index (χ1n) is 8.21. The largest absolute Gasteiger partial charge is 0.502 e. The Morgan fingerprint density at radius 3 is 1.82 bits per heavy atom. The van der Waals surface area contributed by atoms with E-state index in [1.165, 1.54) is 38.0 Å². The molecule has 0 saturated heterocycles. The average Bonchev–Trinajstić information content (AvgIpc) is 2.69.